The van der Waals surface area contributed by atoms with E-state index in [-0.39, 0.29) is 31.1 Å². The number of rotatable bonds is 7. The van der Waals surface area contributed by atoms with E-state index in [2.05, 4.69) is 10.6 Å². The van der Waals surface area contributed by atoms with Crippen LogP contribution in [0, 0.1) is 5.92 Å². The Morgan fingerprint density at radius 3 is 2.69 bits per heavy atom. The first-order valence-electron chi connectivity index (χ1n) is 9.74. The fourth-order valence-electron chi connectivity index (χ4n) is 3.36. The summed E-state index contributed by atoms with van der Waals surface area (Å²) in [5.41, 5.74) is 2.20. The van der Waals surface area contributed by atoms with Crippen molar-refractivity contribution in [3.05, 3.63) is 41.1 Å². The van der Waals surface area contributed by atoms with Crippen LogP contribution < -0.4 is 10.6 Å². The highest BCUT2D eigenvalue weighted by atomic mass is 16.6. The molecule has 1 fully saturated rings. The Morgan fingerprint density at radius 2 is 2.03 bits per heavy atom. The zero-order valence-electron chi connectivity index (χ0n) is 17.0. The molecule has 0 bridgehead atoms. The normalized spacial score (nSPS) is 19.5. The second-order valence-corrected chi connectivity index (χ2v) is 7.31. The first kappa shape index (κ1) is 20.9. The molecule has 0 radical (unpaired) electrons. The number of carbonyl (C=O) groups is 3. The minimum absolute atomic E-state index is 0.00624. The summed E-state index contributed by atoms with van der Waals surface area (Å²) in [7, 11) is 3.12. The second kappa shape index (κ2) is 9.09. The molecular formula is C21H27N3O5. The molecule has 2 N–H and O–H groups in total. The van der Waals surface area contributed by atoms with Gasteiger partial charge in [0.25, 0.3) is 0 Å². The van der Waals surface area contributed by atoms with Crippen molar-refractivity contribution in [1.82, 2.24) is 10.2 Å². The largest absolute Gasteiger partial charge is 0.460 e. The SMILES string of the molecule is COCCOC(=O)C1=C(C)N(C)C(=O)N[C@@H]1c1cccc(NC(=O)C2CCC2)c1. The second-order valence-electron chi connectivity index (χ2n) is 7.31. The van der Waals surface area contributed by atoms with Gasteiger partial charge in [-0.05, 0) is 37.5 Å². The van der Waals surface area contributed by atoms with Crippen LogP contribution in [0.25, 0.3) is 0 Å². The lowest BCUT2D eigenvalue weighted by molar-refractivity contribution is -0.141. The number of allylic oxidation sites excluding steroid dienone is 1. The van der Waals surface area contributed by atoms with Crippen LogP contribution in [-0.4, -0.2) is 50.2 Å². The van der Waals surface area contributed by atoms with Crippen molar-refractivity contribution in [3.63, 3.8) is 0 Å². The Balaban J connectivity index is 1.85. The third-order valence-corrected chi connectivity index (χ3v) is 5.46. The van der Waals surface area contributed by atoms with Crippen molar-refractivity contribution in [2.45, 2.75) is 32.2 Å². The standard InChI is InChI=1S/C21H27N3O5/c1-13-17(20(26)29-11-10-28-3)18(23-21(27)24(13)2)15-8-5-9-16(12-15)22-19(25)14-6-4-7-14/h5,8-9,12,14,18H,4,6-7,10-11H2,1-3H3,(H,22,25)(H,23,27)/t18-/m1/s1. The van der Waals surface area contributed by atoms with Crippen molar-refractivity contribution in [2.75, 3.05) is 32.7 Å². The summed E-state index contributed by atoms with van der Waals surface area (Å²) in [5.74, 6) is -0.442. The van der Waals surface area contributed by atoms with E-state index >= 15 is 0 Å². The van der Waals surface area contributed by atoms with Gasteiger partial charge in [-0.25, -0.2) is 9.59 Å². The Hall–Kier alpha value is -2.87. The van der Waals surface area contributed by atoms with Gasteiger partial charge in [0.05, 0.1) is 18.2 Å². The topological polar surface area (TPSA) is 97.0 Å². The van der Waals surface area contributed by atoms with E-state index in [9.17, 15) is 14.4 Å². The van der Waals surface area contributed by atoms with Crippen molar-refractivity contribution in [3.8, 4) is 0 Å². The van der Waals surface area contributed by atoms with Crippen LogP contribution in [0.4, 0.5) is 10.5 Å². The molecule has 2 aliphatic rings. The van der Waals surface area contributed by atoms with Gasteiger partial charge >= 0.3 is 12.0 Å². The van der Waals surface area contributed by atoms with E-state index in [4.69, 9.17) is 9.47 Å². The van der Waals surface area contributed by atoms with Crippen molar-refractivity contribution < 1.29 is 23.9 Å². The minimum Gasteiger partial charge on any atom is -0.460 e. The molecular weight excluding hydrogens is 374 g/mol. The third-order valence-electron chi connectivity index (χ3n) is 5.46. The summed E-state index contributed by atoms with van der Waals surface area (Å²) in [6.45, 7) is 2.11. The first-order valence-corrected chi connectivity index (χ1v) is 9.74. The zero-order chi connectivity index (χ0) is 21.0. The average Bonchev–Trinajstić information content (AvgIpc) is 2.64. The van der Waals surface area contributed by atoms with Crippen molar-refractivity contribution >= 4 is 23.6 Å². The molecule has 29 heavy (non-hydrogen) atoms. The predicted molar refractivity (Wildman–Crippen MR) is 107 cm³/mol. The smallest absolute Gasteiger partial charge is 0.338 e. The highest BCUT2D eigenvalue weighted by molar-refractivity contribution is 5.95. The molecule has 1 atom stereocenters. The van der Waals surface area contributed by atoms with E-state index in [1.807, 2.05) is 6.07 Å². The number of esters is 1. The summed E-state index contributed by atoms with van der Waals surface area (Å²) in [6, 6.07) is 6.19. The minimum atomic E-state index is -0.672. The molecule has 1 aromatic rings. The maximum absolute atomic E-state index is 12.7. The molecule has 8 heteroatoms. The summed E-state index contributed by atoms with van der Waals surface area (Å²) in [6.07, 6.45) is 2.91. The van der Waals surface area contributed by atoms with E-state index in [1.165, 1.54) is 12.0 Å². The van der Waals surface area contributed by atoms with Crippen LogP contribution in [0.1, 0.15) is 37.8 Å². The van der Waals surface area contributed by atoms with E-state index in [0.717, 1.165) is 19.3 Å². The number of amides is 3. The quantitative estimate of drug-likeness (QED) is 0.541. The highest BCUT2D eigenvalue weighted by Gasteiger charge is 2.35. The molecule has 0 saturated heterocycles. The van der Waals surface area contributed by atoms with Crippen LogP contribution in [0.15, 0.2) is 35.5 Å². The van der Waals surface area contributed by atoms with E-state index in [0.29, 0.717) is 22.5 Å². The molecule has 8 nitrogen and oxygen atoms in total. The number of ether oxygens (including phenoxy) is 2. The molecule has 0 unspecified atom stereocenters. The van der Waals surface area contributed by atoms with Crippen LogP contribution in [0.2, 0.25) is 0 Å². The van der Waals surface area contributed by atoms with Crippen LogP contribution in [0.3, 0.4) is 0 Å². The zero-order valence-corrected chi connectivity index (χ0v) is 17.0. The third kappa shape index (κ3) is 4.59. The van der Waals surface area contributed by atoms with Gasteiger partial charge in [-0.2, -0.15) is 0 Å². The number of hydrogen-bond acceptors (Lipinski definition) is 5. The fraction of sp³-hybridized carbons (Fsp3) is 0.476. The molecule has 0 spiro atoms. The predicted octanol–water partition coefficient (Wildman–Crippen LogP) is 2.58. The van der Waals surface area contributed by atoms with Crippen LogP contribution in [-0.2, 0) is 19.1 Å². The molecule has 1 saturated carbocycles. The lowest BCUT2D eigenvalue weighted by Gasteiger charge is -2.33. The number of benzene rings is 1. The maximum atomic E-state index is 12.7. The van der Waals surface area contributed by atoms with Gasteiger partial charge in [-0.1, -0.05) is 18.6 Å². The summed E-state index contributed by atoms with van der Waals surface area (Å²) in [5, 5.41) is 5.77. The molecule has 3 amide bonds. The number of methoxy groups -OCH3 is 1. The molecule has 156 valence electrons. The lowest BCUT2D eigenvalue weighted by Crippen LogP contribution is -2.46. The lowest BCUT2D eigenvalue weighted by atomic mass is 9.85. The van der Waals surface area contributed by atoms with Gasteiger partial charge in [-0.3, -0.25) is 4.79 Å². The van der Waals surface area contributed by atoms with Gasteiger partial charge in [0.2, 0.25) is 5.91 Å². The van der Waals surface area contributed by atoms with Crippen molar-refractivity contribution in [1.29, 1.82) is 0 Å². The number of nitrogens with one attached hydrogen (secondary N) is 2. The summed E-state index contributed by atoms with van der Waals surface area (Å²) >= 11 is 0. The molecule has 3 rings (SSSR count). The summed E-state index contributed by atoms with van der Waals surface area (Å²) < 4.78 is 10.2. The first-order chi connectivity index (χ1) is 13.9. The number of nitrogens with zero attached hydrogens (tertiary/aromatic N) is 1. The monoisotopic (exact) mass is 401 g/mol. The van der Waals surface area contributed by atoms with E-state index in [1.54, 1.807) is 32.2 Å². The molecule has 1 heterocycles. The molecule has 1 aromatic carbocycles. The average molecular weight is 401 g/mol. The number of anilines is 1. The van der Waals surface area contributed by atoms with Crippen LogP contribution in [0.5, 0.6) is 0 Å². The van der Waals surface area contributed by atoms with Crippen LogP contribution >= 0.6 is 0 Å². The van der Waals surface area contributed by atoms with Gasteiger partial charge in [-0.15, -0.1) is 0 Å². The fourth-order valence-corrected chi connectivity index (χ4v) is 3.36. The molecule has 1 aliphatic carbocycles. The van der Waals surface area contributed by atoms with Gasteiger partial charge in [0.1, 0.15) is 6.61 Å². The maximum Gasteiger partial charge on any atom is 0.338 e. The van der Waals surface area contributed by atoms with Gasteiger partial charge in [0, 0.05) is 31.5 Å². The Labute approximate surface area is 170 Å². The van der Waals surface area contributed by atoms with Gasteiger partial charge < -0.3 is 25.0 Å². The molecule has 1 aliphatic heterocycles. The Kier molecular flexibility index (Phi) is 6.53. The Bertz CT molecular complexity index is 831. The number of carbonyl (C=O) groups excluding carboxylic acids is 3. The van der Waals surface area contributed by atoms with E-state index < -0.39 is 12.0 Å². The van der Waals surface area contributed by atoms with Gasteiger partial charge in [0.15, 0.2) is 0 Å². The summed E-state index contributed by atoms with van der Waals surface area (Å²) in [4.78, 5) is 38.7. The Morgan fingerprint density at radius 1 is 1.28 bits per heavy atom. The highest BCUT2D eigenvalue weighted by Crippen LogP contribution is 2.32. The molecule has 0 aromatic heterocycles. The van der Waals surface area contributed by atoms with Crippen molar-refractivity contribution in [2.24, 2.45) is 5.92 Å². The number of urea groups is 1. The number of hydrogen-bond donors (Lipinski definition) is 2.